The van der Waals surface area contributed by atoms with Crippen LogP contribution in [-0.4, -0.2) is 4.98 Å². The molecule has 1 aliphatic heterocycles. The number of benzene rings is 2. The van der Waals surface area contributed by atoms with Crippen LogP contribution in [0.1, 0.15) is 37.7 Å². The molecule has 2 nitrogen and oxygen atoms in total. The molecule has 0 radical (unpaired) electrons. The van der Waals surface area contributed by atoms with Crippen LogP contribution in [0.3, 0.4) is 0 Å². The molecule has 2 aromatic carbocycles. The van der Waals surface area contributed by atoms with E-state index in [9.17, 15) is 0 Å². The first-order valence-corrected chi connectivity index (χ1v) is 8.54. The van der Waals surface area contributed by atoms with Crippen molar-refractivity contribution in [3.05, 3.63) is 60.3 Å². The summed E-state index contributed by atoms with van der Waals surface area (Å²) in [7, 11) is 0. The van der Waals surface area contributed by atoms with Gasteiger partial charge in [0, 0.05) is 28.3 Å². The zero-order chi connectivity index (χ0) is 15.3. The highest BCUT2D eigenvalue weighted by molar-refractivity contribution is 5.98. The molecule has 3 aromatic rings. The van der Waals surface area contributed by atoms with Crippen LogP contribution in [-0.2, 0) is 5.60 Å². The summed E-state index contributed by atoms with van der Waals surface area (Å²) in [5.74, 6) is 1.03. The first-order chi connectivity index (χ1) is 11.4. The molecule has 2 heterocycles. The fraction of sp³-hybridized carbons (Fsp3) is 0.286. The van der Waals surface area contributed by atoms with Crippen molar-refractivity contribution in [2.24, 2.45) is 0 Å². The van der Waals surface area contributed by atoms with E-state index in [0.29, 0.717) is 0 Å². The Kier molecular flexibility index (Phi) is 2.75. The van der Waals surface area contributed by atoms with Gasteiger partial charge in [-0.15, -0.1) is 0 Å². The number of hydrogen-bond donors (Lipinski definition) is 0. The van der Waals surface area contributed by atoms with Gasteiger partial charge in [-0.1, -0.05) is 42.8 Å². The van der Waals surface area contributed by atoms with Crippen LogP contribution in [0.5, 0.6) is 5.75 Å². The fourth-order valence-electron chi connectivity index (χ4n) is 4.30. The van der Waals surface area contributed by atoms with Gasteiger partial charge in [0.15, 0.2) is 0 Å². The summed E-state index contributed by atoms with van der Waals surface area (Å²) in [6.45, 7) is 0. The van der Waals surface area contributed by atoms with E-state index < -0.39 is 0 Å². The van der Waals surface area contributed by atoms with Gasteiger partial charge >= 0.3 is 0 Å². The molecule has 2 aliphatic rings. The van der Waals surface area contributed by atoms with Gasteiger partial charge in [-0.2, -0.15) is 0 Å². The maximum Gasteiger partial charge on any atom is 0.136 e. The van der Waals surface area contributed by atoms with Crippen molar-refractivity contribution in [2.45, 2.75) is 37.7 Å². The van der Waals surface area contributed by atoms with E-state index in [4.69, 9.17) is 9.72 Å². The second kappa shape index (κ2) is 4.82. The standard InChI is InChI=1S/C21H19NO/c1-6-12-21(13-7-1)17-14-22-18-10-4-2-8-15(18)20(17)16-9-3-5-11-19(16)23-21/h2-5,8-11,14H,1,6-7,12-13H2. The molecule has 1 spiro atoms. The van der Waals surface area contributed by atoms with Gasteiger partial charge in [-0.05, 0) is 37.8 Å². The van der Waals surface area contributed by atoms with Crippen LogP contribution < -0.4 is 4.74 Å². The van der Waals surface area contributed by atoms with Gasteiger partial charge in [0.05, 0.1) is 5.52 Å². The molecular formula is C21H19NO. The highest BCUT2D eigenvalue weighted by Crippen LogP contribution is 2.52. The quantitative estimate of drug-likeness (QED) is 0.550. The van der Waals surface area contributed by atoms with E-state index in [1.54, 1.807) is 0 Å². The minimum Gasteiger partial charge on any atom is -0.482 e. The molecule has 1 fully saturated rings. The molecule has 5 rings (SSSR count). The first-order valence-electron chi connectivity index (χ1n) is 8.54. The Hall–Kier alpha value is -2.35. The molecule has 1 aliphatic carbocycles. The Balaban J connectivity index is 1.88. The van der Waals surface area contributed by atoms with Crippen LogP contribution in [0.25, 0.3) is 22.0 Å². The summed E-state index contributed by atoms with van der Waals surface area (Å²) in [6.07, 6.45) is 8.02. The molecule has 2 heteroatoms. The monoisotopic (exact) mass is 301 g/mol. The lowest BCUT2D eigenvalue weighted by molar-refractivity contribution is 0.0238. The van der Waals surface area contributed by atoms with Crippen molar-refractivity contribution in [1.82, 2.24) is 4.98 Å². The summed E-state index contributed by atoms with van der Waals surface area (Å²) in [5.41, 5.74) is 4.71. The van der Waals surface area contributed by atoms with Crippen molar-refractivity contribution in [3.63, 3.8) is 0 Å². The summed E-state index contributed by atoms with van der Waals surface area (Å²) in [5, 5.41) is 1.24. The van der Waals surface area contributed by atoms with Crippen molar-refractivity contribution in [2.75, 3.05) is 0 Å². The second-order valence-corrected chi connectivity index (χ2v) is 6.72. The third-order valence-electron chi connectivity index (χ3n) is 5.39. The maximum atomic E-state index is 6.60. The zero-order valence-electron chi connectivity index (χ0n) is 13.1. The smallest absolute Gasteiger partial charge is 0.136 e. The van der Waals surface area contributed by atoms with Crippen LogP contribution in [0, 0.1) is 0 Å². The van der Waals surface area contributed by atoms with Gasteiger partial charge in [-0.25, -0.2) is 0 Å². The predicted octanol–water partition coefficient (Wildman–Crippen LogP) is 5.45. The van der Waals surface area contributed by atoms with E-state index in [1.807, 2.05) is 0 Å². The van der Waals surface area contributed by atoms with E-state index in [-0.39, 0.29) is 5.60 Å². The number of nitrogens with zero attached hydrogens (tertiary/aromatic N) is 1. The average molecular weight is 301 g/mol. The number of hydrogen-bond acceptors (Lipinski definition) is 2. The predicted molar refractivity (Wildman–Crippen MR) is 92.6 cm³/mol. The summed E-state index contributed by atoms with van der Waals surface area (Å²) in [4.78, 5) is 4.74. The van der Waals surface area contributed by atoms with E-state index in [1.165, 1.54) is 41.3 Å². The number of fused-ring (bicyclic) bond motifs is 6. The lowest BCUT2D eigenvalue weighted by atomic mass is 9.75. The van der Waals surface area contributed by atoms with E-state index in [0.717, 1.165) is 24.1 Å². The van der Waals surface area contributed by atoms with Crippen molar-refractivity contribution < 1.29 is 4.74 Å². The second-order valence-electron chi connectivity index (χ2n) is 6.72. The summed E-state index contributed by atoms with van der Waals surface area (Å²) in [6, 6.07) is 16.9. The molecule has 0 bridgehead atoms. The SMILES string of the molecule is c1ccc2c(c1)OC1(CCCCC1)c1cnc3ccccc3c1-2. The molecule has 23 heavy (non-hydrogen) atoms. The Bertz CT molecular complexity index is 893. The average Bonchev–Trinajstić information content (AvgIpc) is 2.62. The Morgan fingerprint density at radius 2 is 1.65 bits per heavy atom. The number of pyridine rings is 1. The van der Waals surface area contributed by atoms with Crippen molar-refractivity contribution >= 4 is 10.9 Å². The van der Waals surface area contributed by atoms with Gasteiger partial charge in [-0.3, -0.25) is 4.98 Å². The van der Waals surface area contributed by atoms with Crippen LogP contribution in [0.15, 0.2) is 54.7 Å². The molecule has 0 atom stereocenters. The van der Waals surface area contributed by atoms with Crippen LogP contribution in [0.2, 0.25) is 0 Å². The van der Waals surface area contributed by atoms with Gasteiger partial charge in [0.1, 0.15) is 11.4 Å². The maximum absolute atomic E-state index is 6.60. The summed E-state index contributed by atoms with van der Waals surface area (Å²) >= 11 is 0. The highest BCUT2D eigenvalue weighted by Gasteiger charge is 2.42. The minimum atomic E-state index is -0.182. The van der Waals surface area contributed by atoms with Crippen molar-refractivity contribution in [3.8, 4) is 16.9 Å². The third-order valence-corrected chi connectivity index (χ3v) is 5.39. The Morgan fingerprint density at radius 1 is 0.870 bits per heavy atom. The van der Waals surface area contributed by atoms with Crippen molar-refractivity contribution in [1.29, 1.82) is 0 Å². The lowest BCUT2D eigenvalue weighted by Gasteiger charge is -2.43. The molecule has 0 N–H and O–H groups in total. The molecule has 114 valence electrons. The highest BCUT2D eigenvalue weighted by atomic mass is 16.5. The molecule has 0 unspecified atom stereocenters. The largest absolute Gasteiger partial charge is 0.482 e. The fourth-order valence-corrected chi connectivity index (χ4v) is 4.30. The normalized spacial score (nSPS) is 18.3. The number of aromatic nitrogens is 1. The number of ether oxygens (including phenoxy) is 1. The van der Waals surface area contributed by atoms with Crippen LogP contribution >= 0.6 is 0 Å². The molecule has 0 saturated heterocycles. The van der Waals surface area contributed by atoms with Gasteiger partial charge < -0.3 is 4.74 Å². The van der Waals surface area contributed by atoms with Gasteiger partial charge in [0.2, 0.25) is 0 Å². The topological polar surface area (TPSA) is 22.1 Å². The van der Waals surface area contributed by atoms with E-state index >= 15 is 0 Å². The number of rotatable bonds is 0. The Morgan fingerprint density at radius 3 is 2.57 bits per heavy atom. The molecule has 1 aromatic heterocycles. The third kappa shape index (κ3) is 1.84. The zero-order valence-corrected chi connectivity index (χ0v) is 13.1. The first kappa shape index (κ1) is 13.1. The summed E-state index contributed by atoms with van der Waals surface area (Å²) < 4.78 is 6.60. The van der Waals surface area contributed by atoms with Gasteiger partial charge in [0.25, 0.3) is 0 Å². The Labute approximate surface area is 136 Å². The minimum absolute atomic E-state index is 0.182. The molecular weight excluding hydrogens is 282 g/mol. The van der Waals surface area contributed by atoms with E-state index in [2.05, 4.69) is 54.7 Å². The van der Waals surface area contributed by atoms with Crippen LogP contribution in [0.4, 0.5) is 0 Å². The molecule has 1 saturated carbocycles. The molecule has 0 amide bonds. The lowest BCUT2D eigenvalue weighted by Crippen LogP contribution is -2.38. The number of para-hydroxylation sites is 2.